The molecule has 0 bridgehead atoms. The molecule has 0 aliphatic heterocycles. The topological polar surface area (TPSA) is 37.3 Å². The lowest BCUT2D eigenvalue weighted by Gasteiger charge is -2.26. The van der Waals surface area contributed by atoms with Gasteiger partial charge in [-0.2, -0.15) is 0 Å². The van der Waals surface area contributed by atoms with Gasteiger partial charge >= 0.3 is 5.97 Å². The van der Waals surface area contributed by atoms with Crippen LogP contribution in [-0.2, 0) is 4.79 Å². The zero-order valence-corrected chi connectivity index (χ0v) is 9.65. The Morgan fingerprint density at radius 3 is 2.75 bits per heavy atom. The highest BCUT2D eigenvalue weighted by Crippen LogP contribution is 2.37. The van der Waals surface area contributed by atoms with Crippen molar-refractivity contribution in [2.45, 2.75) is 44.4 Å². The molecule has 0 spiro atoms. The van der Waals surface area contributed by atoms with Crippen LogP contribution in [-0.4, -0.2) is 11.1 Å². The molecule has 0 saturated heterocycles. The number of hydrogen-bond donors (Lipinski definition) is 1. The molecule has 1 atom stereocenters. The summed E-state index contributed by atoms with van der Waals surface area (Å²) < 4.78 is 0. The van der Waals surface area contributed by atoms with Crippen molar-refractivity contribution in [1.82, 2.24) is 0 Å². The fourth-order valence-corrected chi connectivity index (χ4v) is 2.32. The first kappa shape index (κ1) is 11.2. The van der Waals surface area contributed by atoms with E-state index in [2.05, 4.69) is 12.1 Å². The van der Waals surface area contributed by atoms with Gasteiger partial charge in [-0.1, -0.05) is 37.6 Å². The van der Waals surface area contributed by atoms with E-state index >= 15 is 0 Å². The van der Waals surface area contributed by atoms with Gasteiger partial charge in [-0.25, -0.2) is 0 Å². The lowest BCUT2D eigenvalue weighted by atomic mass is 9.79. The number of hydrogen-bond acceptors (Lipinski definition) is 1. The minimum atomic E-state index is -0.715. The molecule has 16 heavy (non-hydrogen) atoms. The summed E-state index contributed by atoms with van der Waals surface area (Å²) in [6, 6.07) is 8.15. The Bertz CT molecular complexity index is 380. The van der Waals surface area contributed by atoms with E-state index in [1.54, 1.807) is 0 Å². The number of benzene rings is 1. The van der Waals surface area contributed by atoms with Gasteiger partial charge in [0.25, 0.3) is 0 Å². The van der Waals surface area contributed by atoms with E-state index in [4.69, 9.17) is 5.11 Å². The number of carboxylic acid groups (broad SMARTS) is 1. The molecule has 1 N–H and O–H groups in total. The second-order valence-corrected chi connectivity index (χ2v) is 4.60. The largest absolute Gasteiger partial charge is 0.481 e. The number of rotatable bonds is 4. The minimum Gasteiger partial charge on any atom is -0.481 e. The van der Waals surface area contributed by atoms with Crippen molar-refractivity contribution in [3.05, 3.63) is 35.4 Å². The van der Waals surface area contributed by atoms with E-state index in [0.29, 0.717) is 12.3 Å². The van der Waals surface area contributed by atoms with E-state index < -0.39 is 5.97 Å². The predicted octanol–water partition coefficient (Wildman–Crippen LogP) is 3.53. The molecule has 1 aromatic carbocycles. The molecule has 0 heterocycles. The summed E-state index contributed by atoms with van der Waals surface area (Å²) in [5.74, 6) is -0.389. The van der Waals surface area contributed by atoms with Gasteiger partial charge in [0, 0.05) is 0 Å². The third kappa shape index (κ3) is 2.11. The van der Waals surface area contributed by atoms with Crippen LogP contribution in [0.15, 0.2) is 24.3 Å². The van der Waals surface area contributed by atoms with Gasteiger partial charge in [0.15, 0.2) is 0 Å². The quantitative estimate of drug-likeness (QED) is 0.839. The van der Waals surface area contributed by atoms with Gasteiger partial charge in [0.05, 0.1) is 5.92 Å². The fourth-order valence-electron chi connectivity index (χ4n) is 2.32. The highest BCUT2D eigenvalue weighted by molar-refractivity contribution is 5.76. The van der Waals surface area contributed by atoms with Crippen molar-refractivity contribution in [2.75, 3.05) is 0 Å². The molecule has 2 nitrogen and oxygen atoms in total. The minimum absolute atomic E-state index is 0.347. The molecular weight excluding hydrogens is 200 g/mol. The molecule has 0 amide bonds. The maximum absolute atomic E-state index is 11.1. The van der Waals surface area contributed by atoms with Crippen LogP contribution in [0.2, 0.25) is 0 Å². The Hall–Kier alpha value is -1.31. The van der Waals surface area contributed by atoms with Gasteiger partial charge in [0.1, 0.15) is 0 Å². The van der Waals surface area contributed by atoms with Crippen molar-refractivity contribution in [2.24, 2.45) is 0 Å². The molecule has 0 radical (unpaired) electrons. The zero-order valence-electron chi connectivity index (χ0n) is 9.65. The average Bonchev–Trinajstić information content (AvgIpc) is 2.16. The normalized spacial score (nSPS) is 17.8. The summed E-state index contributed by atoms with van der Waals surface area (Å²) in [6.45, 7) is 1.93. The fraction of sp³-hybridized carbons (Fsp3) is 0.500. The first-order valence-electron chi connectivity index (χ1n) is 6.05. The van der Waals surface area contributed by atoms with Crippen LogP contribution < -0.4 is 0 Å². The van der Waals surface area contributed by atoms with Crippen LogP contribution in [0.3, 0.4) is 0 Å². The molecule has 2 heteroatoms. The number of carbonyl (C=O) groups is 1. The van der Waals surface area contributed by atoms with E-state index in [0.717, 1.165) is 5.56 Å². The molecular formula is C14H18O2. The molecule has 86 valence electrons. The highest BCUT2D eigenvalue weighted by atomic mass is 16.4. The summed E-state index contributed by atoms with van der Waals surface area (Å²) >= 11 is 0. The second kappa shape index (κ2) is 4.69. The van der Waals surface area contributed by atoms with E-state index in [1.807, 2.05) is 19.1 Å². The molecule has 1 aliphatic rings. The summed E-state index contributed by atoms with van der Waals surface area (Å²) in [5, 5.41) is 9.13. The van der Waals surface area contributed by atoms with E-state index in [1.165, 1.54) is 24.8 Å². The second-order valence-electron chi connectivity index (χ2n) is 4.60. The molecule has 1 unspecified atom stereocenters. The number of carboxylic acids is 1. The van der Waals surface area contributed by atoms with E-state index in [9.17, 15) is 4.79 Å². The van der Waals surface area contributed by atoms with E-state index in [-0.39, 0.29) is 5.92 Å². The highest BCUT2D eigenvalue weighted by Gasteiger charge is 2.22. The van der Waals surface area contributed by atoms with Crippen LogP contribution in [0.4, 0.5) is 0 Å². The smallest absolute Gasteiger partial charge is 0.310 e. The molecule has 1 aliphatic carbocycles. The van der Waals surface area contributed by atoms with Crippen molar-refractivity contribution in [1.29, 1.82) is 0 Å². The van der Waals surface area contributed by atoms with Gasteiger partial charge in [-0.05, 0) is 36.3 Å². The molecule has 1 saturated carbocycles. The van der Waals surface area contributed by atoms with Crippen molar-refractivity contribution >= 4 is 5.97 Å². The Morgan fingerprint density at radius 1 is 1.50 bits per heavy atom. The van der Waals surface area contributed by atoms with Crippen molar-refractivity contribution in [3.63, 3.8) is 0 Å². The van der Waals surface area contributed by atoms with Crippen LogP contribution in [0, 0.1) is 0 Å². The number of aliphatic carboxylic acids is 1. The van der Waals surface area contributed by atoms with Crippen LogP contribution >= 0.6 is 0 Å². The van der Waals surface area contributed by atoms with Crippen molar-refractivity contribution in [3.8, 4) is 0 Å². The SMILES string of the molecule is CCC(C(=O)O)c1cccc(C2CCC2)c1. The van der Waals surface area contributed by atoms with Gasteiger partial charge < -0.3 is 5.11 Å². The van der Waals surface area contributed by atoms with Crippen molar-refractivity contribution < 1.29 is 9.90 Å². The first-order valence-corrected chi connectivity index (χ1v) is 6.05. The zero-order chi connectivity index (χ0) is 11.5. The Morgan fingerprint density at radius 2 is 2.25 bits per heavy atom. The standard InChI is InChI=1S/C14H18O2/c1-2-13(14(15)16)12-8-4-7-11(9-12)10-5-3-6-10/h4,7-10,13H,2-3,5-6H2,1H3,(H,15,16). The summed E-state index contributed by atoms with van der Waals surface area (Å²) in [4.78, 5) is 11.1. The summed E-state index contributed by atoms with van der Waals surface area (Å²) in [7, 11) is 0. The predicted molar refractivity (Wildman–Crippen MR) is 63.7 cm³/mol. The monoisotopic (exact) mass is 218 g/mol. The Balaban J connectivity index is 2.23. The van der Waals surface area contributed by atoms with Crippen LogP contribution in [0.1, 0.15) is 55.6 Å². The maximum atomic E-state index is 11.1. The van der Waals surface area contributed by atoms with Gasteiger partial charge in [0.2, 0.25) is 0 Å². The molecule has 1 aromatic rings. The average molecular weight is 218 g/mol. The first-order chi connectivity index (χ1) is 7.72. The maximum Gasteiger partial charge on any atom is 0.310 e. The summed E-state index contributed by atoms with van der Waals surface area (Å²) in [5.41, 5.74) is 2.28. The molecule has 0 aromatic heterocycles. The molecule has 2 rings (SSSR count). The third-order valence-electron chi connectivity index (χ3n) is 3.60. The third-order valence-corrected chi connectivity index (χ3v) is 3.60. The van der Waals surface area contributed by atoms with Gasteiger partial charge in [-0.3, -0.25) is 4.79 Å². The summed E-state index contributed by atoms with van der Waals surface area (Å²) in [6.07, 6.45) is 4.48. The van der Waals surface area contributed by atoms with Gasteiger partial charge in [-0.15, -0.1) is 0 Å². The Labute approximate surface area is 96.3 Å². The lowest BCUT2D eigenvalue weighted by Crippen LogP contribution is -2.13. The Kier molecular flexibility index (Phi) is 3.28. The lowest BCUT2D eigenvalue weighted by molar-refractivity contribution is -0.138. The van der Waals surface area contributed by atoms with Crippen LogP contribution in [0.5, 0.6) is 0 Å². The molecule has 1 fully saturated rings. The van der Waals surface area contributed by atoms with Crippen LogP contribution in [0.25, 0.3) is 0 Å².